The summed E-state index contributed by atoms with van der Waals surface area (Å²) in [6, 6.07) is 8.00. The molecule has 0 spiro atoms. The average molecular weight is 274 g/mol. The van der Waals surface area contributed by atoms with E-state index < -0.39 is 0 Å². The lowest BCUT2D eigenvalue weighted by atomic mass is 10.1. The van der Waals surface area contributed by atoms with E-state index in [0.29, 0.717) is 5.82 Å². The van der Waals surface area contributed by atoms with Crippen LogP contribution in [0.2, 0.25) is 0 Å². The Labute approximate surface area is 114 Å². The first-order valence-corrected chi connectivity index (χ1v) is 6.86. The van der Waals surface area contributed by atoms with Crippen molar-refractivity contribution in [1.82, 2.24) is 14.6 Å². The molecule has 0 aliphatic rings. The Morgan fingerprint density at radius 3 is 2.95 bits per heavy atom. The van der Waals surface area contributed by atoms with Crippen LogP contribution in [0.3, 0.4) is 0 Å². The van der Waals surface area contributed by atoms with Crippen molar-refractivity contribution in [2.45, 2.75) is 12.8 Å². The molecule has 0 saturated heterocycles. The molecule has 0 aliphatic carbocycles. The molecule has 0 bridgehead atoms. The molecule has 0 saturated carbocycles. The fourth-order valence-electron chi connectivity index (χ4n) is 2.01. The molecule has 2 heterocycles. The first kappa shape index (κ1) is 12.0. The molecule has 98 valence electrons. The van der Waals surface area contributed by atoms with E-state index >= 15 is 0 Å². The van der Waals surface area contributed by atoms with Gasteiger partial charge in [-0.1, -0.05) is 18.2 Å². The number of benzene rings is 1. The van der Waals surface area contributed by atoms with Gasteiger partial charge in [0, 0.05) is 11.8 Å². The topological polar surface area (TPSA) is 65.4 Å². The van der Waals surface area contributed by atoms with Gasteiger partial charge in [0.1, 0.15) is 11.6 Å². The highest BCUT2D eigenvalue weighted by molar-refractivity contribution is 7.15. The first-order chi connectivity index (χ1) is 9.28. The molecule has 0 unspecified atom stereocenters. The second kappa shape index (κ2) is 4.89. The summed E-state index contributed by atoms with van der Waals surface area (Å²) >= 11 is 1.50. The second-order valence-electron chi connectivity index (χ2n) is 4.19. The molecule has 0 aliphatic heterocycles. The molecule has 5 nitrogen and oxygen atoms in total. The molecule has 19 heavy (non-hydrogen) atoms. The number of nitrogens with two attached hydrogens (primary N) is 1. The quantitative estimate of drug-likeness (QED) is 0.792. The average Bonchev–Trinajstić information content (AvgIpc) is 2.99. The zero-order valence-corrected chi connectivity index (χ0v) is 11.4. The molecule has 1 aromatic carbocycles. The van der Waals surface area contributed by atoms with Gasteiger partial charge in [-0.3, -0.25) is 0 Å². The van der Waals surface area contributed by atoms with Gasteiger partial charge in [0.15, 0.2) is 5.82 Å². The summed E-state index contributed by atoms with van der Waals surface area (Å²) < 4.78 is 7.02. The van der Waals surface area contributed by atoms with Crippen LogP contribution < -0.4 is 10.5 Å². The van der Waals surface area contributed by atoms with Gasteiger partial charge in [0.05, 0.1) is 7.11 Å². The Morgan fingerprint density at radius 1 is 1.32 bits per heavy atom. The van der Waals surface area contributed by atoms with Crippen molar-refractivity contribution in [2.75, 3.05) is 12.8 Å². The monoisotopic (exact) mass is 274 g/mol. The highest BCUT2D eigenvalue weighted by Crippen LogP contribution is 2.20. The largest absolute Gasteiger partial charge is 0.496 e. The molecule has 0 atom stereocenters. The molecule has 6 heteroatoms. The maximum Gasteiger partial charge on any atom is 0.214 e. The number of aryl methyl sites for hydroxylation is 2. The van der Waals surface area contributed by atoms with Crippen LogP contribution in [0.5, 0.6) is 5.75 Å². The summed E-state index contributed by atoms with van der Waals surface area (Å²) in [7, 11) is 1.68. The number of thiazole rings is 1. The summed E-state index contributed by atoms with van der Waals surface area (Å²) in [6.07, 6.45) is 1.62. The van der Waals surface area contributed by atoms with Crippen molar-refractivity contribution in [3.63, 3.8) is 0 Å². The number of hydrogen-bond acceptors (Lipinski definition) is 5. The lowest BCUT2D eigenvalue weighted by molar-refractivity contribution is 0.409. The number of rotatable bonds is 4. The highest BCUT2D eigenvalue weighted by atomic mass is 32.1. The van der Waals surface area contributed by atoms with E-state index in [0.717, 1.165) is 34.9 Å². The summed E-state index contributed by atoms with van der Waals surface area (Å²) in [4.78, 5) is 5.29. The Hall–Kier alpha value is -2.08. The van der Waals surface area contributed by atoms with E-state index in [-0.39, 0.29) is 0 Å². The molecule has 2 aromatic heterocycles. The Morgan fingerprint density at radius 2 is 2.16 bits per heavy atom. The number of hydrogen-bond donors (Lipinski definition) is 1. The second-order valence-corrected chi connectivity index (χ2v) is 5.03. The maximum absolute atomic E-state index is 5.79. The van der Waals surface area contributed by atoms with Gasteiger partial charge in [0.2, 0.25) is 4.96 Å². The van der Waals surface area contributed by atoms with Crippen LogP contribution in [0.1, 0.15) is 11.4 Å². The first-order valence-electron chi connectivity index (χ1n) is 5.98. The minimum atomic E-state index is 0.635. The van der Waals surface area contributed by atoms with Gasteiger partial charge in [-0.2, -0.15) is 4.52 Å². The van der Waals surface area contributed by atoms with E-state index in [1.807, 2.05) is 23.6 Å². The number of para-hydroxylation sites is 1. The fraction of sp³-hybridized carbons (Fsp3) is 0.231. The van der Waals surface area contributed by atoms with Gasteiger partial charge in [-0.05, 0) is 18.1 Å². The molecule has 0 amide bonds. The van der Waals surface area contributed by atoms with Crippen molar-refractivity contribution in [2.24, 2.45) is 0 Å². The zero-order valence-electron chi connectivity index (χ0n) is 10.5. The molecule has 3 aromatic rings. The van der Waals surface area contributed by atoms with Gasteiger partial charge in [-0.25, -0.2) is 4.98 Å². The summed E-state index contributed by atoms with van der Waals surface area (Å²) in [5.41, 5.74) is 6.96. The summed E-state index contributed by atoms with van der Waals surface area (Å²) in [6.45, 7) is 0. The van der Waals surface area contributed by atoms with Crippen LogP contribution in [0, 0.1) is 0 Å². The van der Waals surface area contributed by atoms with E-state index in [9.17, 15) is 0 Å². The number of nitrogens with zero attached hydrogens (tertiary/aromatic N) is 3. The van der Waals surface area contributed by atoms with Crippen molar-refractivity contribution >= 4 is 22.1 Å². The minimum absolute atomic E-state index is 0.635. The zero-order chi connectivity index (χ0) is 13.2. The van der Waals surface area contributed by atoms with Gasteiger partial charge in [-0.15, -0.1) is 16.4 Å². The third-order valence-corrected chi connectivity index (χ3v) is 3.80. The van der Waals surface area contributed by atoms with E-state index in [1.165, 1.54) is 11.3 Å². The molecular formula is C13H14N4OS. The Kier molecular flexibility index (Phi) is 3.08. The molecule has 3 rings (SSSR count). The molecule has 2 N–H and O–H groups in total. The number of ether oxygens (including phenoxy) is 1. The number of anilines is 1. The molecule has 0 fully saturated rings. The number of nitrogen functional groups attached to an aromatic ring is 1. The van der Waals surface area contributed by atoms with Gasteiger partial charge >= 0.3 is 0 Å². The summed E-state index contributed by atoms with van der Waals surface area (Å²) in [5.74, 6) is 2.35. The van der Waals surface area contributed by atoms with Crippen LogP contribution in [0.4, 0.5) is 5.82 Å². The maximum atomic E-state index is 5.79. The summed E-state index contributed by atoms with van der Waals surface area (Å²) in [5, 5.41) is 6.24. The van der Waals surface area contributed by atoms with E-state index in [1.54, 1.807) is 11.6 Å². The van der Waals surface area contributed by atoms with Crippen LogP contribution in [0.15, 0.2) is 29.6 Å². The normalized spacial score (nSPS) is 11.0. The number of methoxy groups -OCH3 is 1. The van der Waals surface area contributed by atoms with Crippen LogP contribution in [0.25, 0.3) is 4.96 Å². The molecule has 0 radical (unpaired) electrons. The third kappa shape index (κ3) is 2.26. The van der Waals surface area contributed by atoms with Crippen molar-refractivity contribution < 1.29 is 4.74 Å². The molecular weight excluding hydrogens is 260 g/mol. The minimum Gasteiger partial charge on any atom is -0.496 e. The Bertz CT molecular complexity index is 704. The smallest absolute Gasteiger partial charge is 0.214 e. The number of fused-ring (bicyclic) bond motifs is 1. The van der Waals surface area contributed by atoms with Crippen molar-refractivity contribution in [3.8, 4) is 5.75 Å². The van der Waals surface area contributed by atoms with E-state index in [4.69, 9.17) is 10.5 Å². The lowest BCUT2D eigenvalue weighted by Crippen LogP contribution is -1.98. The fourth-order valence-corrected chi connectivity index (χ4v) is 2.74. The number of aromatic nitrogens is 3. The van der Waals surface area contributed by atoms with Crippen molar-refractivity contribution in [3.05, 3.63) is 41.0 Å². The standard InChI is InChI=1S/C13H14N4OS/c1-18-10-5-3-2-4-9(10)6-7-12-15-13-17(16-12)11(14)8-19-13/h2-5,8H,6-7,14H2,1H3. The highest BCUT2D eigenvalue weighted by Gasteiger charge is 2.09. The Balaban J connectivity index is 1.78. The predicted molar refractivity (Wildman–Crippen MR) is 75.7 cm³/mol. The van der Waals surface area contributed by atoms with Crippen LogP contribution >= 0.6 is 11.3 Å². The van der Waals surface area contributed by atoms with Gasteiger partial charge in [0.25, 0.3) is 0 Å². The predicted octanol–water partition coefficient (Wildman–Crippen LogP) is 2.17. The van der Waals surface area contributed by atoms with E-state index in [2.05, 4.69) is 16.1 Å². The van der Waals surface area contributed by atoms with Gasteiger partial charge < -0.3 is 10.5 Å². The lowest BCUT2D eigenvalue weighted by Gasteiger charge is -2.06. The van der Waals surface area contributed by atoms with Crippen LogP contribution in [-0.2, 0) is 12.8 Å². The third-order valence-electron chi connectivity index (χ3n) is 2.96. The SMILES string of the molecule is COc1ccccc1CCc1nc2scc(N)n2n1. The van der Waals surface area contributed by atoms with Crippen molar-refractivity contribution in [1.29, 1.82) is 0 Å². The van der Waals surface area contributed by atoms with Crippen LogP contribution in [-0.4, -0.2) is 21.7 Å².